The fourth-order valence-corrected chi connectivity index (χ4v) is 5.38. The van der Waals surface area contributed by atoms with Gasteiger partial charge in [-0.05, 0) is 49.0 Å². The van der Waals surface area contributed by atoms with E-state index < -0.39 is 0 Å². The maximum Gasteiger partial charge on any atom is 0.260 e. The highest BCUT2D eigenvalue weighted by Gasteiger charge is 2.35. The molecule has 0 spiro atoms. The van der Waals surface area contributed by atoms with Crippen LogP contribution in [0.3, 0.4) is 0 Å². The number of rotatable bonds is 6. The van der Waals surface area contributed by atoms with E-state index in [-0.39, 0.29) is 17.9 Å². The van der Waals surface area contributed by atoms with Gasteiger partial charge in [0.2, 0.25) is 0 Å². The van der Waals surface area contributed by atoms with Crippen molar-refractivity contribution >= 4 is 29.1 Å². The molecular formula is C25H32Cl2N2O3. The Balaban J connectivity index is 1.46. The van der Waals surface area contributed by atoms with Crippen molar-refractivity contribution in [1.29, 1.82) is 0 Å². The molecular weight excluding hydrogens is 447 g/mol. The maximum absolute atomic E-state index is 13.1. The number of benzene rings is 1. The molecule has 7 heteroatoms. The number of piperidine rings is 1. The minimum absolute atomic E-state index is 0.0707. The first-order valence-electron chi connectivity index (χ1n) is 11.3. The number of halogens is 2. The zero-order valence-electron chi connectivity index (χ0n) is 19.3. The molecule has 4 rings (SSSR count). The third kappa shape index (κ3) is 4.86. The number of likely N-dealkylation sites (tertiary alicyclic amines) is 1. The molecule has 0 saturated carbocycles. The normalized spacial score (nSPS) is 25.4. The van der Waals surface area contributed by atoms with Gasteiger partial charge in [0, 0.05) is 36.4 Å². The van der Waals surface area contributed by atoms with Crippen molar-refractivity contribution in [1.82, 2.24) is 9.80 Å². The smallest absolute Gasteiger partial charge is 0.260 e. The van der Waals surface area contributed by atoms with Crippen LogP contribution in [-0.2, 0) is 16.0 Å². The zero-order valence-corrected chi connectivity index (χ0v) is 20.8. The van der Waals surface area contributed by atoms with Crippen LogP contribution in [-0.4, -0.2) is 55.2 Å². The van der Waals surface area contributed by atoms with Crippen molar-refractivity contribution in [3.05, 3.63) is 56.9 Å². The summed E-state index contributed by atoms with van der Waals surface area (Å²) in [7, 11) is 1.70. The predicted molar refractivity (Wildman–Crippen MR) is 128 cm³/mol. The van der Waals surface area contributed by atoms with Crippen LogP contribution in [0, 0.1) is 11.3 Å². The number of methoxy groups -OCH3 is 1. The molecule has 0 N–H and O–H groups in total. The second-order valence-corrected chi connectivity index (χ2v) is 10.7. The maximum atomic E-state index is 13.1. The molecule has 0 bridgehead atoms. The van der Waals surface area contributed by atoms with Crippen molar-refractivity contribution in [2.75, 3.05) is 33.4 Å². The number of carbonyl (C=O) groups is 1. The molecule has 174 valence electrons. The largest absolute Gasteiger partial charge is 0.494 e. The van der Waals surface area contributed by atoms with Gasteiger partial charge < -0.3 is 14.4 Å². The van der Waals surface area contributed by atoms with Gasteiger partial charge >= 0.3 is 0 Å². The van der Waals surface area contributed by atoms with Crippen LogP contribution in [0.25, 0.3) is 0 Å². The lowest BCUT2D eigenvalue weighted by Crippen LogP contribution is -2.39. The zero-order chi connectivity index (χ0) is 23.0. The summed E-state index contributed by atoms with van der Waals surface area (Å²) in [6.45, 7) is 10.9. The molecule has 2 aliphatic heterocycles. The molecule has 0 aromatic heterocycles. The first-order chi connectivity index (χ1) is 15.2. The lowest BCUT2D eigenvalue weighted by molar-refractivity contribution is 0.0284. The Morgan fingerprint density at radius 2 is 1.91 bits per heavy atom. The Hall–Kier alpha value is -1.53. The van der Waals surface area contributed by atoms with Crippen LogP contribution in [0.4, 0.5) is 0 Å². The topological polar surface area (TPSA) is 42.0 Å². The SMILES string of the molecule is COC1C(OCCN2CCC(C)(C)CC2)=CC(N2Cc3cc(Cl)cc(Cl)c3C2=O)=CC1C. The van der Waals surface area contributed by atoms with E-state index in [1.165, 1.54) is 12.8 Å². The van der Waals surface area contributed by atoms with Crippen molar-refractivity contribution in [2.45, 2.75) is 46.3 Å². The second kappa shape index (κ2) is 9.38. The number of amides is 1. The van der Waals surface area contributed by atoms with E-state index in [1.807, 2.05) is 12.1 Å². The Bertz CT molecular complexity index is 947. The molecule has 1 aromatic carbocycles. The van der Waals surface area contributed by atoms with Gasteiger partial charge in [0.05, 0.1) is 17.1 Å². The predicted octanol–water partition coefficient (Wildman–Crippen LogP) is 5.52. The Kier molecular flexibility index (Phi) is 6.92. The van der Waals surface area contributed by atoms with E-state index in [0.717, 1.165) is 36.7 Å². The third-order valence-corrected chi connectivity index (χ3v) is 7.37. The second-order valence-electron chi connectivity index (χ2n) is 9.82. The van der Waals surface area contributed by atoms with E-state index in [4.69, 9.17) is 32.7 Å². The molecule has 1 aliphatic carbocycles. The van der Waals surface area contributed by atoms with Crippen LogP contribution >= 0.6 is 23.2 Å². The van der Waals surface area contributed by atoms with Gasteiger partial charge in [-0.1, -0.05) is 50.0 Å². The standard InChI is InChI=1S/C25H32Cl2N2O3/c1-16-11-19(29-15-17-12-18(26)13-20(27)22(17)24(29)30)14-21(23(16)31-4)32-10-9-28-7-5-25(2,3)6-8-28/h11-14,16,23H,5-10,15H2,1-4H3. The quantitative estimate of drug-likeness (QED) is 0.539. The summed E-state index contributed by atoms with van der Waals surface area (Å²) in [6.07, 6.45) is 6.26. The van der Waals surface area contributed by atoms with Gasteiger partial charge in [0.1, 0.15) is 18.5 Å². The molecule has 5 nitrogen and oxygen atoms in total. The average molecular weight is 479 g/mol. The minimum atomic E-state index is -0.169. The van der Waals surface area contributed by atoms with Crippen molar-refractivity contribution < 1.29 is 14.3 Å². The van der Waals surface area contributed by atoms with E-state index in [9.17, 15) is 4.79 Å². The summed E-state index contributed by atoms with van der Waals surface area (Å²) < 4.78 is 12.0. The summed E-state index contributed by atoms with van der Waals surface area (Å²) in [5.74, 6) is 0.728. The summed E-state index contributed by atoms with van der Waals surface area (Å²) in [6, 6.07) is 3.43. The molecule has 2 heterocycles. The van der Waals surface area contributed by atoms with E-state index in [2.05, 4.69) is 31.7 Å². The molecule has 2 unspecified atom stereocenters. The Morgan fingerprint density at radius 1 is 1.19 bits per heavy atom. The molecule has 1 saturated heterocycles. The third-order valence-electron chi connectivity index (χ3n) is 6.86. The van der Waals surface area contributed by atoms with Gasteiger partial charge in [-0.3, -0.25) is 9.69 Å². The minimum Gasteiger partial charge on any atom is -0.494 e. The van der Waals surface area contributed by atoms with Crippen LogP contribution in [0.2, 0.25) is 10.0 Å². The Labute approximate surface area is 200 Å². The van der Waals surface area contributed by atoms with Gasteiger partial charge in [-0.2, -0.15) is 0 Å². The van der Waals surface area contributed by atoms with Crippen molar-refractivity contribution in [3.8, 4) is 0 Å². The molecule has 32 heavy (non-hydrogen) atoms. The van der Waals surface area contributed by atoms with Gasteiger partial charge in [0.25, 0.3) is 5.91 Å². The lowest BCUT2D eigenvalue weighted by Gasteiger charge is -2.37. The number of nitrogens with zero attached hydrogens (tertiary/aromatic N) is 2. The van der Waals surface area contributed by atoms with Crippen molar-refractivity contribution in [3.63, 3.8) is 0 Å². The van der Waals surface area contributed by atoms with Crippen molar-refractivity contribution in [2.24, 2.45) is 11.3 Å². The molecule has 2 atom stereocenters. The summed E-state index contributed by atoms with van der Waals surface area (Å²) in [5, 5.41) is 0.930. The molecule has 3 aliphatic rings. The summed E-state index contributed by atoms with van der Waals surface area (Å²) in [4.78, 5) is 17.3. The highest BCUT2D eigenvalue weighted by Crippen LogP contribution is 2.37. The number of allylic oxidation sites excluding steroid dienone is 1. The molecule has 1 fully saturated rings. The van der Waals surface area contributed by atoms with Crippen LogP contribution in [0.1, 0.15) is 49.5 Å². The number of hydrogen-bond donors (Lipinski definition) is 0. The Morgan fingerprint density at radius 3 is 2.59 bits per heavy atom. The summed E-state index contributed by atoms with van der Waals surface area (Å²) in [5.41, 5.74) is 2.63. The van der Waals surface area contributed by atoms with E-state index in [1.54, 1.807) is 18.1 Å². The highest BCUT2D eigenvalue weighted by atomic mass is 35.5. The fraction of sp³-hybridized carbons (Fsp3) is 0.560. The molecule has 1 aromatic rings. The number of hydrogen-bond acceptors (Lipinski definition) is 4. The first kappa shape index (κ1) is 23.6. The van der Waals surface area contributed by atoms with E-state index in [0.29, 0.717) is 34.2 Å². The van der Waals surface area contributed by atoms with Crippen LogP contribution in [0.15, 0.2) is 35.7 Å². The number of ether oxygens (including phenoxy) is 2. The molecule has 0 radical (unpaired) electrons. The van der Waals surface area contributed by atoms with Gasteiger partial charge in [0.15, 0.2) is 0 Å². The lowest BCUT2D eigenvalue weighted by atomic mass is 9.83. The van der Waals surface area contributed by atoms with E-state index >= 15 is 0 Å². The summed E-state index contributed by atoms with van der Waals surface area (Å²) >= 11 is 12.5. The van der Waals surface area contributed by atoms with Gasteiger partial charge in [-0.25, -0.2) is 0 Å². The van der Waals surface area contributed by atoms with Gasteiger partial charge in [-0.15, -0.1) is 0 Å². The number of fused-ring (bicyclic) bond motifs is 1. The van der Waals surface area contributed by atoms with Crippen LogP contribution < -0.4 is 0 Å². The molecule has 1 amide bonds. The highest BCUT2D eigenvalue weighted by molar-refractivity contribution is 6.37. The monoisotopic (exact) mass is 478 g/mol. The van der Waals surface area contributed by atoms with Crippen LogP contribution in [0.5, 0.6) is 0 Å². The first-order valence-corrected chi connectivity index (χ1v) is 12.1. The fourth-order valence-electron chi connectivity index (χ4n) is 4.77. The average Bonchev–Trinajstić information content (AvgIpc) is 3.05. The number of carbonyl (C=O) groups excluding carboxylic acids is 1.